The van der Waals surface area contributed by atoms with E-state index in [9.17, 15) is 0 Å². The summed E-state index contributed by atoms with van der Waals surface area (Å²) in [5.41, 5.74) is 3.31. The second-order valence-corrected chi connectivity index (χ2v) is 2.59. The van der Waals surface area contributed by atoms with E-state index in [0.29, 0.717) is 6.04 Å². The van der Waals surface area contributed by atoms with Crippen LogP contribution in [0.3, 0.4) is 0 Å². The molecular weight excluding hydrogens is 100 g/mol. The maximum Gasteiger partial charge on any atom is 0.0187 e. The highest BCUT2D eigenvalue weighted by molar-refractivity contribution is 4.64. The van der Waals surface area contributed by atoms with E-state index in [2.05, 4.69) is 24.4 Å². The monoisotopic (exact) mass is 114 g/mol. The predicted molar refractivity (Wildman–Crippen MR) is 34.5 cm³/mol. The molecule has 2 nitrogen and oxygen atoms in total. The first-order valence-electron chi connectivity index (χ1n) is 3.26. The van der Waals surface area contributed by atoms with Gasteiger partial charge >= 0.3 is 0 Å². The van der Waals surface area contributed by atoms with Gasteiger partial charge in [0.1, 0.15) is 0 Å². The molecule has 0 aromatic carbocycles. The molecule has 0 radical (unpaired) electrons. The number of nitrogens with one attached hydrogen (secondary N) is 1. The van der Waals surface area contributed by atoms with E-state index >= 15 is 0 Å². The molecule has 0 spiro atoms. The topological polar surface area (TPSA) is 15.3 Å². The van der Waals surface area contributed by atoms with Gasteiger partial charge in [0.05, 0.1) is 0 Å². The van der Waals surface area contributed by atoms with Gasteiger partial charge in [-0.2, -0.15) is 0 Å². The molecule has 0 aromatic heterocycles. The zero-order valence-corrected chi connectivity index (χ0v) is 5.65. The number of hydrogen-bond donors (Lipinski definition) is 1. The number of hydrazine groups is 1. The molecule has 8 heavy (non-hydrogen) atoms. The molecular formula is C6H14N2. The first kappa shape index (κ1) is 6.05. The van der Waals surface area contributed by atoms with Gasteiger partial charge in [0.25, 0.3) is 0 Å². The summed E-state index contributed by atoms with van der Waals surface area (Å²) in [5.74, 6) is 0. The molecule has 1 unspecified atom stereocenters. The van der Waals surface area contributed by atoms with E-state index in [1.807, 2.05) is 0 Å². The van der Waals surface area contributed by atoms with Crippen LogP contribution in [0.2, 0.25) is 0 Å². The molecule has 1 atom stereocenters. The Morgan fingerprint density at radius 3 is 2.75 bits per heavy atom. The SMILES string of the molecule is CC1CCCN(C)N1. The van der Waals surface area contributed by atoms with Crippen LogP contribution >= 0.6 is 0 Å². The minimum Gasteiger partial charge on any atom is -0.253 e. The molecule has 48 valence electrons. The van der Waals surface area contributed by atoms with Crippen molar-refractivity contribution in [3.63, 3.8) is 0 Å². The minimum absolute atomic E-state index is 0.689. The Morgan fingerprint density at radius 1 is 1.62 bits per heavy atom. The van der Waals surface area contributed by atoms with Gasteiger partial charge < -0.3 is 0 Å². The molecule has 1 aliphatic rings. The zero-order valence-electron chi connectivity index (χ0n) is 5.65. The summed E-state index contributed by atoms with van der Waals surface area (Å²) in [5, 5.41) is 2.16. The Labute approximate surface area is 50.8 Å². The Bertz CT molecular complexity index is 64.9. The fourth-order valence-electron chi connectivity index (χ4n) is 1.14. The van der Waals surface area contributed by atoms with Crippen LogP contribution < -0.4 is 5.43 Å². The van der Waals surface area contributed by atoms with Crippen LogP contribution in [0, 0.1) is 0 Å². The Balaban J connectivity index is 2.23. The maximum absolute atomic E-state index is 3.31. The van der Waals surface area contributed by atoms with E-state index in [4.69, 9.17) is 0 Å². The average Bonchev–Trinajstić information content (AvgIpc) is 1.64. The van der Waals surface area contributed by atoms with E-state index in [1.165, 1.54) is 19.4 Å². The van der Waals surface area contributed by atoms with E-state index in [0.717, 1.165) is 0 Å². The molecule has 0 aliphatic carbocycles. The Kier molecular flexibility index (Phi) is 1.86. The van der Waals surface area contributed by atoms with Crippen LogP contribution in [0.5, 0.6) is 0 Å². The van der Waals surface area contributed by atoms with Crippen LogP contribution in [0.1, 0.15) is 19.8 Å². The maximum atomic E-state index is 3.31. The van der Waals surface area contributed by atoms with E-state index in [1.54, 1.807) is 0 Å². The number of hydrogen-bond acceptors (Lipinski definition) is 2. The van der Waals surface area contributed by atoms with Crippen molar-refractivity contribution < 1.29 is 0 Å². The van der Waals surface area contributed by atoms with E-state index < -0.39 is 0 Å². The van der Waals surface area contributed by atoms with Gasteiger partial charge in [0.2, 0.25) is 0 Å². The summed E-state index contributed by atoms with van der Waals surface area (Å²) in [6, 6.07) is 0.689. The minimum atomic E-state index is 0.689. The second-order valence-electron chi connectivity index (χ2n) is 2.59. The third kappa shape index (κ3) is 1.46. The van der Waals surface area contributed by atoms with Crippen molar-refractivity contribution in [1.29, 1.82) is 0 Å². The van der Waals surface area contributed by atoms with Gasteiger partial charge in [-0.15, -0.1) is 0 Å². The van der Waals surface area contributed by atoms with Crippen molar-refractivity contribution in [2.45, 2.75) is 25.8 Å². The predicted octanol–water partition coefficient (Wildman–Crippen LogP) is 0.605. The number of rotatable bonds is 0. The standard InChI is InChI=1S/C6H14N2/c1-6-4-3-5-8(2)7-6/h6-7H,3-5H2,1-2H3. The molecule has 1 aliphatic heterocycles. The number of nitrogens with zero attached hydrogens (tertiary/aromatic N) is 1. The molecule has 2 heteroatoms. The van der Waals surface area contributed by atoms with Crippen LogP contribution in [0.25, 0.3) is 0 Å². The quantitative estimate of drug-likeness (QED) is 0.496. The molecule has 1 fully saturated rings. The Hall–Kier alpha value is -0.0800. The van der Waals surface area contributed by atoms with Gasteiger partial charge in [0, 0.05) is 19.6 Å². The summed E-state index contributed by atoms with van der Waals surface area (Å²) >= 11 is 0. The molecule has 1 heterocycles. The lowest BCUT2D eigenvalue weighted by molar-refractivity contribution is 0.155. The van der Waals surface area contributed by atoms with Crippen molar-refractivity contribution in [2.75, 3.05) is 13.6 Å². The van der Waals surface area contributed by atoms with Crippen LogP contribution in [-0.4, -0.2) is 24.6 Å². The summed E-state index contributed by atoms with van der Waals surface area (Å²) in [7, 11) is 2.09. The molecule has 1 saturated heterocycles. The molecule has 1 rings (SSSR count). The average molecular weight is 114 g/mol. The van der Waals surface area contributed by atoms with Crippen LogP contribution in [0.4, 0.5) is 0 Å². The van der Waals surface area contributed by atoms with Gasteiger partial charge in [-0.05, 0) is 19.8 Å². The summed E-state index contributed by atoms with van der Waals surface area (Å²) in [6.45, 7) is 3.42. The fraction of sp³-hybridized carbons (Fsp3) is 1.00. The third-order valence-corrected chi connectivity index (χ3v) is 1.57. The lowest BCUT2D eigenvalue weighted by Crippen LogP contribution is -2.45. The van der Waals surface area contributed by atoms with Crippen molar-refractivity contribution in [1.82, 2.24) is 10.4 Å². The normalized spacial score (nSPS) is 33.0. The van der Waals surface area contributed by atoms with E-state index in [-0.39, 0.29) is 0 Å². The van der Waals surface area contributed by atoms with Gasteiger partial charge in [-0.1, -0.05) is 0 Å². The first-order chi connectivity index (χ1) is 3.79. The van der Waals surface area contributed by atoms with Crippen molar-refractivity contribution in [2.24, 2.45) is 0 Å². The highest BCUT2D eigenvalue weighted by Gasteiger charge is 2.09. The molecule has 0 bridgehead atoms. The molecule has 0 aromatic rings. The molecule has 0 amide bonds. The van der Waals surface area contributed by atoms with Gasteiger partial charge in [0.15, 0.2) is 0 Å². The molecule has 0 saturated carbocycles. The van der Waals surface area contributed by atoms with Gasteiger partial charge in [-0.25, -0.2) is 5.01 Å². The van der Waals surface area contributed by atoms with Crippen LogP contribution in [0.15, 0.2) is 0 Å². The van der Waals surface area contributed by atoms with Crippen molar-refractivity contribution in [3.05, 3.63) is 0 Å². The van der Waals surface area contributed by atoms with Crippen molar-refractivity contribution in [3.8, 4) is 0 Å². The summed E-state index contributed by atoms with van der Waals surface area (Å²) in [4.78, 5) is 0. The second kappa shape index (κ2) is 2.46. The third-order valence-electron chi connectivity index (χ3n) is 1.57. The fourth-order valence-corrected chi connectivity index (χ4v) is 1.14. The smallest absolute Gasteiger partial charge is 0.0187 e. The highest BCUT2D eigenvalue weighted by Crippen LogP contribution is 2.02. The first-order valence-corrected chi connectivity index (χ1v) is 3.26. The summed E-state index contributed by atoms with van der Waals surface area (Å²) in [6.07, 6.45) is 2.66. The highest BCUT2D eigenvalue weighted by atomic mass is 15.5. The largest absolute Gasteiger partial charge is 0.253 e. The molecule has 1 N–H and O–H groups in total. The lowest BCUT2D eigenvalue weighted by atomic mass is 10.1. The zero-order chi connectivity index (χ0) is 5.98. The van der Waals surface area contributed by atoms with Gasteiger partial charge in [-0.3, -0.25) is 5.43 Å². The van der Waals surface area contributed by atoms with Crippen LogP contribution in [-0.2, 0) is 0 Å². The summed E-state index contributed by atoms with van der Waals surface area (Å²) < 4.78 is 0. The Morgan fingerprint density at radius 2 is 2.38 bits per heavy atom. The lowest BCUT2D eigenvalue weighted by Gasteiger charge is -2.28. The van der Waals surface area contributed by atoms with Crippen molar-refractivity contribution >= 4 is 0 Å².